The van der Waals surface area contributed by atoms with E-state index in [0.29, 0.717) is 5.92 Å². The van der Waals surface area contributed by atoms with E-state index in [1.165, 1.54) is 16.8 Å². The molecule has 1 aliphatic rings. The molecule has 0 spiro atoms. The number of rotatable bonds is 2. The van der Waals surface area contributed by atoms with Crippen molar-refractivity contribution >= 4 is 11.3 Å². The van der Waals surface area contributed by atoms with E-state index in [-0.39, 0.29) is 0 Å². The second-order valence-electron chi connectivity index (χ2n) is 4.54. The summed E-state index contributed by atoms with van der Waals surface area (Å²) in [7, 11) is 0. The summed E-state index contributed by atoms with van der Waals surface area (Å²) in [5.74, 6) is 0.555. The molecule has 0 bridgehead atoms. The first-order valence-corrected chi connectivity index (χ1v) is 5.97. The average Bonchev–Trinajstić information content (AvgIpc) is 2.59. The Labute approximate surface area is 97.7 Å². The van der Waals surface area contributed by atoms with Crippen LogP contribution in [0.15, 0.2) is 24.9 Å². The van der Waals surface area contributed by atoms with Gasteiger partial charge in [0, 0.05) is 24.8 Å². The van der Waals surface area contributed by atoms with Crippen LogP contribution in [0.3, 0.4) is 0 Å². The van der Waals surface area contributed by atoms with Crippen molar-refractivity contribution in [2.45, 2.75) is 27.3 Å². The van der Waals surface area contributed by atoms with Gasteiger partial charge >= 0.3 is 0 Å². The fourth-order valence-electron chi connectivity index (χ4n) is 2.33. The van der Waals surface area contributed by atoms with Gasteiger partial charge in [-0.1, -0.05) is 26.5 Å². The van der Waals surface area contributed by atoms with Crippen molar-refractivity contribution in [2.24, 2.45) is 5.92 Å². The van der Waals surface area contributed by atoms with Crippen molar-refractivity contribution in [3.8, 4) is 0 Å². The van der Waals surface area contributed by atoms with Crippen LogP contribution >= 0.6 is 0 Å². The van der Waals surface area contributed by atoms with Crippen molar-refractivity contribution < 1.29 is 0 Å². The van der Waals surface area contributed by atoms with Gasteiger partial charge in [0.2, 0.25) is 0 Å². The van der Waals surface area contributed by atoms with Gasteiger partial charge in [0.1, 0.15) is 0 Å². The molecule has 1 N–H and O–H groups in total. The molecular weight excluding hydrogens is 196 g/mol. The zero-order valence-electron chi connectivity index (χ0n) is 10.4. The van der Waals surface area contributed by atoms with Gasteiger partial charge in [0.15, 0.2) is 0 Å². The molecule has 0 unspecified atom stereocenters. The lowest BCUT2D eigenvalue weighted by Gasteiger charge is -2.13. The Morgan fingerprint density at radius 1 is 1.50 bits per heavy atom. The van der Waals surface area contributed by atoms with E-state index >= 15 is 0 Å². The lowest BCUT2D eigenvalue weighted by atomic mass is 9.95. The maximum absolute atomic E-state index is 4.12. The molecule has 2 heterocycles. The molecule has 16 heavy (non-hydrogen) atoms. The summed E-state index contributed by atoms with van der Waals surface area (Å²) in [6.07, 6.45) is 4.43. The third kappa shape index (κ3) is 1.69. The van der Waals surface area contributed by atoms with Crippen LogP contribution < -0.4 is 5.32 Å². The van der Waals surface area contributed by atoms with E-state index in [4.69, 9.17) is 0 Å². The molecule has 0 amide bonds. The van der Waals surface area contributed by atoms with Gasteiger partial charge in [-0.3, -0.25) is 0 Å². The van der Waals surface area contributed by atoms with Crippen molar-refractivity contribution in [3.63, 3.8) is 0 Å². The van der Waals surface area contributed by atoms with Gasteiger partial charge in [-0.2, -0.15) is 0 Å². The van der Waals surface area contributed by atoms with Gasteiger partial charge < -0.3 is 9.88 Å². The second-order valence-corrected chi connectivity index (χ2v) is 4.54. The molecule has 2 nitrogen and oxygen atoms in total. The highest BCUT2D eigenvalue weighted by Gasteiger charge is 2.18. The highest BCUT2D eigenvalue weighted by molar-refractivity contribution is 5.79. The SMILES string of the molecule is C=C1NCC=C(C(C)C)c2ccn(CC)c21. The Kier molecular flexibility index (Phi) is 2.90. The van der Waals surface area contributed by atoms with Crippen LogP contribution in [0.1, 0.15) is 32.0 Å². The van der Waals surface area contributed by atoms with Gasteiger partial charge in [-0.25, -0.2) is 0 Å². The quantitative estimate of drug-likeness (QED) is 0.803. The number of allylic oxidation sites excluding steroid dienone is 1. The highest BCUT2D eigenvalue weighted by Crippen LogP contribution is 2.31. The smallest absolute Gasteiger partial charge is 0.0712 e. The molecule has 0 aliphatic carbocycles. The molecule has 0 saturated carbocycles. The minimum absolute atomic E-state index is 0.555. The summed E-state index contributed by atoms with van der Waals surface area (Å²) in [6, 6.07) is 2.21. The molecule has 1 aliphatic heterocycles. The molecule has 0 atom stereocenters. The van der Waals surface area contributed by atoms with E-state index in [9.17, 15) is 0 Å². The molecule has 86 valence electrons. The van der Waals surface area contributed by atoms with Crippen molar-refractivity contribution in [1.29, 1.82) is 0 Å². The maximum atomic E-state index is 4.12. The molecule has 0 radical (unpaired) electrons. The van der Waals surface area contributed by atoms with Crippen molar-refractivity contribution in [3.05, 3.63) is 36.2 Å². The third-order valence-electron chi connectivity index (χ3n) is 3.16. The number of nitrogens with one attached hydrogen (secondary N) is 1. The molecule has 1 aromatic heterocycles. The third-order valence-corrected chi connectivity index (χ3v) is 3.16. The van der Waals surface area contributed by atoms with Gasteiger partial charge in [0.25, 0.3) is 0 Å². The van der Waals surface area contributed by atoms with Crippen molar-refractivity contribution in [1.82, 2.24) is 9.88 Å². The van der Waals surface area contributed by atoms with E-state index in [0.717, 1.165) is 18.8 Å². The zero-order valence-corrected chi connectivity index (χ0v) is 10.4. The maximum Gasteiger partial charge on any atom is 0.0712 e. The summed E-state index contributed by atoms with van der Waals surface area (Å²) < 4.78 is 2.26. The fraction of sp³-hybridized carbons (Fsp3) is 0.429. The first-order valence-electron chi connectivity index (χ1n) is 5.97. The van der Waals surface area contributed by atoms with Crippen LogP contribution in [0.4, 0.5) is 0 Å². The number of fused-ring (bicyclic) bond motifs is 1. The number of hydrogen-bond acceptors (Lipinski definition) is 1. The second kappa shape index (κ2) is 4.20. The van der Waals surface area contributed by atoms with Gasteiger partial charge in [-0.15, -0.1) is 0 Å². The molecular formula is C14H20N2. The molecule has 2 heteroatoms. The summed E-state index contributed by atoms with van der Waals surface area (Å²) in [6.45, 7) is 12.6. The normalized spacial score (nSPS) is 15.5. The van der Waals surface area contributed by atoms with Crippen LogP contribution in [-0.2, 0) is 6.54 Å². The zero-order chi connectivity index (χ0) is 11.7. The Bertz CT molecular complexity index is 436. The van der Waals surface area contributed by atoms with Crippen molar-refractivity contribution in [2.75, 3.05) is 6.54 Å². The van der Waals surface area contributed by atoms with Crippen LogP contribution in [0.25, 0.3) is 11.3 Å². The lowest BCUT2D eigenvalue weighted by Crippen LogP contribution is -2.12. The van der Waals surface area contributed by atoms with E-state index in [2.05, 4.69) is 55.6 Å². The largest absolute Gasteiger partial charge is 0.380 e. The predicted octanol–water partition coefficient (Wildman–Crippen LogP) is 3.12. The van der Waals surface area contributed by atoms with Crippen LogP contribution in [0.2, 0.25) is 0 Å². The predicted molar refractivity (Wildman–Crippen MR) is 70.0 cm³/mol. The molecule has 1 aromatic rings. The topological polar surface area (TPSA) is 17.0 Å². The molecule has 0 fully saturated rings. The number of aromatic nitrogens is 1. The monoisotopic (exact) mass is 216 g/mol. The summed E-state index contributed by atoms with van der Waals surface area (Å²) in [4.78, 5) is 0. The summed E-state index contributed by atoms with van der Waals surface area (Å²) in [5, 5.41) is 3.35. The van der Waals surface area contributed by atoms with E-state index in [1.807, 2.05) is 0 Å². The number of aryl methyl sites for hydroxylation is 1. The molecule has 0 saturated heterocycles. The Morgan fingerprint density at radius 2 is 2.25 bits per heavy atom. The Balaban J connectivity index is 2.57. The first-order chi connectivity index (χ1) is 7.65. The Hall–Kier alpha value is -1.44. The molecule has 0 aromatic carbocycles. The minimum Gasteiger partial charge on any atom is -0.380 e. The van der Waals surface area contributed by atoms with Crippen LogP contribution in [0, 0.1) is 5.92 Å². The van der Waals surface area contributed by atoms with Crippen LogP contribution in [-0.4, -0.2) is 11.1 Å². The average molecular weight is 216 g/mol. The molecule has 2 rings (SSSR count). The highest BCUT2D eigenvalue weighted by atomic mass is 15.0. The first kappa shape index (κ1) is 11.1. The van der Waals surface area contributed by atoms with E-state index in [1.54, 1.807) is 0 Å². The summed E-state index contributed by atoms with van der Waals surface area (Å²) in [5.41, 5.74) is 5.05. The van der Waals surface area contributed by atoms with Gasteiger partial charge in [-0.05, 0) is 24.5 Å². The van der Waals surface area contributed by atoms with Crippen LogP contribution in [0.5, 0.6) is 0 Å². The minimum atomic E-state index is 0.555. The fourth-order valence-corrected chi connectivity index (χ4v) is 2.33. The van der Waals surface area contributed by atoms with E-state index < -0.39 is 0 Å². The number of hydrogen-bond donors (Lipinski definition) is 1. The lowest BCUT2D eigenvalue weighted by molar-refractivity contribution is 0.750. The number of nitrogens with zero attached hydrogens (tertiary/aromatic N) is 1. The van der Waals surface area contributed by atoms with Gasteiger partial charge in [0.05, 0.1) is 11.4 Å². The Morgan fingerprint density at radius 3 is 2.88 bits per heavy atom. The standard InChI is InChI=1S/C14H20N2/c1-5-16-9-7-13-12(10(2)3)6-8-15-11(4)14(13)16/h6-7,9-10,15H,4-5,8H2,1-3H3. The summed E-state index contributed by atoms with van der Waals surface area (Å²) >= 11 is 0.